The lowest BCUT2D eigenvalue weighted by atomic mass is 9.94. The number of carboxylic acid groups (broad SMARTS) is 1. The van der Waals surface area contributed by atoms with E-state index in [0.29, 0.717) is 5.75 Å². The summed E-state index contributed by atoms with van der Waals surface area (Å²) in [7, 11) is 0. The fourth-order valence-electron chi connectivity index (χ4n) is 3.16. The van der Waals surface area contributed by atoms with Crippen LogP contribution in [0.15, 0.2) is 60.4 Å². The average molecular weight is 548 g/mol. The second-order valence-electron chi connectivity index (χ2n) is 7.98. The van der Waals surface area contributed by atoms with Crippen molar-refractivity contribution in [1.29, 1.82) is 0 Å². The fourth-order valence-corrected chi connectivity index (χ4v) is 3.16. The monoisotopic (exact) mass is 548 g/mol. The van der Waals surface area contributed by atoms with Crippen LogP contribution in [0.1, 0.15) is 18.9 Å². The minimum atomic E-state index is -4.67. The second kappa shape index (κ2) is 13.9. The van der Waals surface area contributed by atoms with Crippen molar-refractivity contribution < 1.29 is 55.2 Å². The summed E-state index contributed by atoms with van der Waals surface area (Å²) < 4.78 is 95.9. The molecule has 0 amide bonds. The van der Waals surface area contributed by atoms with Crippen LogP contribution in [0.2, 0.25) is 0 Å². The third-order valence-corrected chi connectivity index (χ3v) is 4.82. The Labute approximate surface area is 215 Å². The van der Waals surface area contributed by atoms with Gasteiger partial charge in [-0.15, -0.1) is 0 Å². The van der Waals surface area contributed by atoms with Crippen molar-refractivity contribution in [3.8, 4) is 17.6 Å². The van der Waals surface area contributed by atoms with Crippen molar-refractivity contribution in [2.75, 3.05) is 26.4 Å². The van der Waals surface area contributed by atoms with Gasteiger partial charge in [-0.1, -0.05) is 30.0 Å². The van der Waals surface area contributed by atoms with Crippen molar-refractivity contribution in [1.82, 2.24) is 0 Å². The number of carboxylic acids is 1. The van der Waals surface area contributed by atoms with Gasteiger partial charge in [-0.05, 0) is 48.9 Å². The number of allylic oxidation sites excluding steroid dienone is 3. The minimum Gasteiger partial charge on any atom is -0.490 e. The number of halogens is 6. The first-order valence-corrected chi connectivity index (χ1v) is 11.3. The number of aliphatic carboxylic acids is 1. The predicted molar refractivity (Wildman–Crippen MR) is 124 cm³/mol. The molecule has 0 spiro atoms. The molecule has 0 bridgehead atoms. The van der Waals surface area contributed by atoms with E-state index in [1.807, 2.05) is 0 Å². The molecule has 1 aliphatic rings. The van der Waals surface area contributed by atoms with Gasteiger partial charge < -0.3 is 24.1 Å². The van der Waals surface area contributed by atoms with E-state index in [1.54, 1.807) is 31.2 Å². The number of hydrogen-bond acceptors (Lipinski definition) is 5. The zero-order valence-corrected chi connectivity index (χ0v) is 20.3. The standard InChI is InChI=1S/C26H26F6O6/c1-2-35-22(23(33)34)15-19-8-10-20(11-9-19)36-14-5-3-4-12-24(38-18-26(30,31)32)13-6-7-21(16-24)37-17-25(27,28)29/h3,5-11,13,22H,2,14-18H2,1H3,(H,33,34)/b5-3-/t22-,24?/m0/s1. The van der Waals surface area contributed by atoms with Crippen molar-refractivity contribution in [3.63, 3.8) is 0 Å². The van der Waals surface area contributed by atoms with Crippen LogP contribution in [-0.2, 0) is 25.4 Å². The second-order valence-corrected chi connectivity index (χ2v) is 7.98. The minimum absolute atomic E-state index is 0.0524. The highest BCUT2D eigenvalue weighted by Gasteiger charge is 2.37. The Bertz CT molecular complexity index is 1060. The molecule has 0 fully saturated rings. The van der Waals surface area contributed by atoms with E-state index >= 15 is 0 Å². The molecule has 6 nitrogen and oxygen atoms in total. The normalized spacial score (nSPS) is 18.4. The highest BCUT2D eigenvalue weighted by molar-refractivity contribution is 5.72. The quantitative estimate of drug-likeness (QED) is 0.279. The number of carbonyl (C=O) groups is 1. The third kappa shape index (κ3) is 11.7. The molecule has 12 heteroatoms. The van der Waals surface area contributed by atoms with E-state index in [4.69, 9.17) is 19.3 Å². The van der Waals surface area contributed by atoms with Crippen LogP contribution in [0.5, 0.6) is 5.75 Å². The third-order valence-electron chi connectivity index (χ3n) is 4.82. The number of alkyl halides is 6. The molecule has 0 saturated heterocycles. The van der Waals surface area contributed by atoms with E-state index < -0.39 is 49.7 Å². The Morgan fingerprint density at radius 2 is 1.79 bits per heavy atom. The van der Waals surface area contributed by atoms with Gasteiger partial charge in [0.15, 0.2) is 18.3 Å². The summed E-state index contributed by atoms with van der Waals surface area (Å²) in [4.78, 5) is 11.2. The van der Waals surface area contributed by atoms with Gasteiger partial charge in [0.05, 0.1) is 0 Å². The molecule has 0 saturated carbocycles. The van der Waals surface area contributed by atoms with Gasteiger partial charge in [-0.3, -0.25) is 0 Å². The number of hydrogen-bond donors (Lipinski definition) is 1. The van der Waals surface area contributed by atoms with E-state index in [9.17, 15) is 31.1 Å². The summed E-state index contributed by atoms with van der Waals surface area (Å²) >= 11 is 0. The molecular weight excluding hydrogens is 522 g/mol. The van der Waals surface area contributed by atoms with E-state index in [2.05, 4.69) is 16.6 Å². The maximum absolute atomic E-state index is 12.7. The molecule has 0 heterocycles. The van der Waals surface area contributed by atoms with Gasteiger partial charge in [0.1, 0.15) is 24.7 Å². The molecule has 38 heavy (non-hydrogen) atoms. The first-order chi connectivity index (χ1) is 17.8. The molecule has 1 N–H and O–H groups in total. The van der Waals surface area contributed by atoms with Gasteiger partial charge >= 0.3 is 18.3 Å². The number of ether oxygens (including phenoxy) is 4. The SMILES string of the molecule is CCO[C@@H](Cc1ccc(OC/C=C\C#CC2(OCC(F)(F)F)C=CC=C(OCC(F)(F)F)C2)cc1)C(=O)O. The van der Waals surface area contributed by atoms with Crippen molar-refractivity contribution >= 4 is 5.97 Å². The lowest BCUT2D eigenvalue weighted by molar-refractivity contribution is -0.191. The Morgan fingerprint density at radius 1 is 1.11 bits per heavy atom. The lowest BCUT2D eigenvalue weighted by Crippen LogP contribution is -2.35. The summed E-state index contributed by atoms with van der Waals surface area (Å²) in [6.45, 7) is -1.23. The van der Waals surface area contributed by atoms with Gasteiger partial charge in [-0.25, -0.2) is 4.79 Å². The van der Waals surface area contributed by atoms with Crippen LogP contribution >= 0.6 is 0 Å². The summed E-state index contributed by atoms with van der Waals surface area (Å²) in [6, 6.07) is 6.66. The Kier molecular flexibility index (Phi) is 11.3. The lowest BCUT2D eigenvalue weighted by Gasteiger charge is -2.29. The topological polar surface area (TPSA) is 74.2 Å². The van der Waals surface area contributed by atoms with Crippen LogP contribution in [0, 0.1) is 11.8 Å². The smallest absolute Gasteiger partial charge is 0.422 e. The molecule has 1 aromatic rings. The highest BCUT2D eigenvalue weighted by Crippen LogP contribution is 2.31. The molecule has 0 aromatic heterocycles. The molecule has 0 radical (unpaired) electrons. The molecule has 1 unspecified atom stereocenters. The Balaban J connectivity index is 1.97. The van der Waals surface area contributed by atoms with Gasteiger partial charge in [-0.2, -0.15) is 26.3 Å². The van der Waals surface area contributed by atoms with Crippen LogP contribution < -0.4 is 4.74 Å². The van der Waals surface area contributed by atoms with Crippen LogP contribution in [0.3, 0.4) is 0 Å². The van der Waals surface area contributed by atoms with Crippen molar-refractivity contribution in [3.05, 3.63) is 66.0 Å². The number of benzene rings is 1. The molecular formula is C26H26F6O6. The summed E-state index contributed by atoms with van der Waals surface area (Å²) in [5, 5.41) is 9.16. The molecule has 208 valence electrons. The van der Waals surface area contributed by atoms with E-state index in [0.717, 1.165) is 5.56 Å². The molecule has 0 aliphatic heterocycles. The van der Waals surface area contributed by atoms with Crippen LogP contribution in [-0.4, -0.2) is 61.6 Å². The van der Waals surface area contributed by atoms with Gasteiger partial charge in [0.25, 0.3) is 0 Å². The van der Waals surface area contributed by atoms with Crippen LogP contribution in [0.4, 0.5) is 26.3 Å². The molecule has 2 rings (SSSR count). The molecule has 1 aliphatic carbocycles. The van der Waals surface area contributed by atoms with Crippen LogP contribution in [0.25, 0.3) is 0 Å². The maximum Gasteiger partial charge on any atom is 0.422 e. The first-order valence-electron chi connectivity index (χ1n) is 11.3. The molecule has 2 atom stereocenters. The first kappa shape index (κ1) is 30.8. The fraction of sp³-hybridized carbons (Fsp3) is 0.423. The largest absolute Gasteiger partial charge is 0.490 e. The number of rotatable bonds is 12. The van der Waals surface area contributed by atoms with E-state index in [1.165, 1.54) is 30.4 Å². The van der Waals surface area contributed by atoms with Crippen molar-refractivity contribution in [2.24, 2.45) is 0 Å². The Hall–Kier alpha value is -3.43. The summed E-state index contributed by atoms with van der Waals surface area (Å²) in [5.74, 6) is 4.25. The zero-order chi connectivity index (χ0) is 28.2. The van der Waals surface area contributed by atoms with Gasteiger partial charge in [0.2, 0.25) is 0 Å². The van der Waals surface area contributed by atoms with E-state index in [-0.39, 0.29) is 25.4 Å². The Morgan fingerprint density at radius 3 is 2.39 bits per heavy atom. The highest BCUT2D eigenvalue weighted by atomic mass is 19.4. The van der Waals surface area contributed by atoms with Gasteiger partial charge in [0, 0.05) is 19.4 Å². The summed E-state index contributed by atoms with van der Waals surface area (Å²) in [6.07, 6.45) is -4.05. The molecule has 1 aromatic carbocycles. The zero-order valence-electron chi connectivity index (χ0n) is 20.3. The summed E-state index contributed by atoms with van der Waals surface area (Å²) in [5.41, 5.74) is -1.10. The predicted octanol–water partition coefficient (Wildman–Crippen LogP) is 5.40. The maximum atomic E-state index is 12.7. The average Bonchev–Trinajstić information content (AvgIpc) is 2.84. The van der Waals surface area contributed by atoms with Crippen molar-refractivity contribution in [2.45, 2.75) is 43.8 Å².